The molecule has 0 aromatic heterocycles. The summed E-state index contributed by atoms with van der Waals surface area (Å²) in [5.41, 5.74) is 4.98. The van der Waals surface area contributed by atoms with Crippen molar-refractivity contribution in [3.63, 3.8) is 0 Å². The van der Waals surface area contributed by atoms with E-state index in [0.717, 1.165) is 5.92 Å². The Morgan fingerprint density at radius 3 is 2.52 bits per heavy atom. The number of fused-ring (bicyclic) bond motifs is 1. The van der Waals surface area contributed by atoms with Gasteiger partial charge in [-0.1, -0.05) is 23.8 Å². The molecule has 1 aliphatic heterocycles. The van der Waals surface area contributed by atoms with Gasteiger partial charge in [-0.05, 0) is 87.7 Å². The Kier molecular flexibility index (Phi) is 4.03. The van der Waals surface area contributed by atoms with Crippen molar-refractivity contribution in [3.05, 3.63) is 34.9 Å². The number of rotatable bonds is 3. The summed E-state index contributed by atoms with van der Waals surface area (Å²) in [7, 11) is 0. The fourth-order valence-electron chi connectivity index (χ4n) is 4.45. The standard InChI is InChI=1S/C20H28O/c1-3-7-15(8-4-1)13-18(16-9-5-2-6-10-16)17-11-12-19-20(14-17)21-19/h7,9,13,17,19-20H,1-6,8,10-12,14H2. The van der Waals surface area contributed by atoms with Gasteiger partial charge in [0.05, 0.1) is 12.2 Å². The van der Waals surface area contributed by atoms with Crippen molar-refractivity contribution in [1.82, 2.24) is 0 Å². The molecule has 0 aromatic carbocycles. The predicted octanol–water partition coefficient (Wildman–Crippen LogP) is 5.48. The maximum absolute atomic E-state index is 5.77. The van der Waals surface area contributed by atoms with Crippen molar-refractivity contribution >= 4 is 0 Å². The van der Waals surface area contributed by atoms with E-state index in [4.69, 9.17) is 4.74 Å². The maximum atomic E-state index is 5.77. The lowest BCUT2D eigenvalue weighted by atomic mass is 9.77. The second kappa shape index (κ2) is 6.12. The molecular formula is C20H28O. The van der Waals surface area contributed by atoms with Crippen LogP contribution in [-0.4, -0.2) is 12.2 Å². The fourth-order valence-corrected chi connectivity index (χ4v) is 4.45. The van der Waals surface area contributed by atoms with Crippen molar-refractivity contribution in [3.8, 4) is 0 Å². The van der Waals surface area contributed by atoms with Crippen molar-refractivity contribution in [2.24, 2.45) is 5.92 Å². The van der Waals surface area contributed by atoms with Crippen LogP contribution in [0.4, 0.5) is 0 Å². The third kappa shape index (κ3) is 3.18. The van der Waals surface area contributed by atoms with Gasteiger partial charge in [0.15, 0.2) is 0 Å². The summed E-state index contributed by atoms with van der Waals surface area (Å²) >= 11 is 0. The van der Waals surface area contributed by atoms with E-state index in [9.17, 15) is 0 Å². The lowest BCUT2D eigenvalue weighted by molar-refractivity contribution is 0.369. The normalized spacial score (nSPS) is 36.6. The zero-order valence-corrected chi connectivity index (χ0v) is 13.2. The lowest BCUT2D eigenvalue weighted by Crippen LogP contribution is -2.17. The van der Waals surface area contributed by atoms with Gasteiger partial charge in [-0.25, -0.2) is 0 Å². The Balaban J connectivity index is 1.59. The quantitative estimate of drug-likeness (QED) is 0.625. The Bertz CT molecular complexity index is 482. The molecule has 3 unspecified atom stereocenters. The van der Waals surface area contributed by atoms with Crippen LogP contribution in [0.15, 0.2) is 34.9 Å². The second-order valence-electron chi connectivity index (χ2n) is 7.32. The van der Waals surface area contributed by atoms with E-state index >= 15 is 0 Å². The van der Waals surface area contributed by atoms with Gasteiger partial charge in [-0.15, -0.1) is 0 Å². The van der Waals surface area contributed by atoms with Crippen molar-refractivity contribution < 1.29 is 4.74 Å². The van der Waals surface area contributed by atoms with E-state index in [1.54, 1.807) is 16.7 Å². The molecule has 21 heavy (non-hydrogen) atoms. The molecule has 3 atom stereocenters. The third-order valence-electron chi connectivity index (χ3n) is 5.77. The minimum absolute atomic E-state index is 0.594. The Morgan fingerprint density at radius 2 is 1.81 bits per heavy atom. The maximum Gasteiger partial charge on any atom is 0.0847 e. The van der Waals surface area contributed by atoms with Gasteiger partial charge < -0.3 is 4.74 Å². The first kappa shape index (κ1) is 13.8. The average Bonchev–Trinajstić information content (AvgIpc) is 3.33. The first-order valence-corrected chi connectivity index (χ1v) is 9.15. The zero-order valence-electron chi connectivity index (χ0n) is 13.2. The summed E-state index contributed by atoms with van der Waals surface area (Å²) < 4.78 is 5.77. The summed E-state index contributed by atoms with van der Waals surface area (Å²) in [6, 6.07) is 0. The molecule has 0 aromatic rings. The van der Waals surface area contributed by atoms with Crippen LogP contribution in [0.3, 0.4) is 0 Å². The molecule has 1 saturated heterocycles. The zero-order chi connectivity index (χ0) is 14.1. The van der Waals surface area contributed by atoms with Gasteiger partial charge in [0.1, 0.15) is 0 Å². The second-order valence-corrected chi connectivity index (χ2v) is 7.32. The van der Waals surface area contributed by atoms with Crippen LogP contribution < -0.4 is 0 Å². The molecule has 4 rings (SSSR count). The van der Waals surface area contributed by atoms with Crippen LogP contribution in [0.2, 0.25) is 0 Å². The average molecular weight is 284 g/mol. The first-order valence-electron chi connectivity index (χ1n) is 9.15. The molecular weight excluding hydrogens is 256 g/mol. The molecule has 0 radical (unpaired) electrons. The van der Waals surface area contributed by atoms with E-state index in [1.807, 2.05) is 0 Å². The number of hydrogen-bond acceptors (Lipinski definition) is 1. The highest BCUT2D eigenvalue weighted by atomic mass is 16.6. The van der Waals surface area contributed by atoms with Crippen molar-refractivity contribution in [2.75, 3.05) is 0 Å². The minimum Gasteiger partial charge on any atom is -0.370 e. The van der Waals surface area contributed by atoms with E-state index in [1.165, 1.54) is 70.6 Å². The highest BCUT2D eigenvalue weighted by Gasteiger charge is 2.44. The molecule has 0 spiro atoms. The van der Waals surface area contributed by atoms with Gasteiger partial charge in [-0.2, -0.15) is 0 Å². The third-order valence-corrected chi connectivity index (χ3v) is 5.77. The van der Waals surface area contributed by atoms with E-state index < -0.39 is 0 Å². The van der Waals surface area contributed by atoms with Gasteiger partial charge in [-0.3, -0.25) is 0 Å². The first-order chi connectivity index (χ1) is 10.4. The molecule has 1 saturated carbocycles. The minimum atomic E-state index is 0.594. The highest BCUT2D eigenvalue weighted by molar-refractivity contribution is 5.40. The highest BCUT2D eigenvalue weighted by Crippen LogP contribution is 2.45. The fraction of sp³-hybridized carbons (Fsp3) is 0.700. The Morgan fingerprint density at radius 1 is 0.952 bits per heavy atom. The molecule has 4 aliphatic rings. The van der Waals surface area contributed by atoms with Gasteiger partial charge in [0, 0.05) is 0 Å². The summed E-state index contributed by atoms with van der Waals surface area (Å²) in [5.74, 6) is 0.765. The molecule has 1 heteroatoms. The van der Waals surface area contributed by atoms with Crippen LogP contribution in [-0.2, 0) is 4.74 Å². The number of hydrogen-bond donors (Lipinski definition) is 0. The SMILES string of the molecule is C1=C(C=C(C2=CCCCC2)C2CCC3OC3C2)CCCC1. The molecule has 0 amide bonds. The molecule has 1 heterocycles. The molecule has 3 aliphatic carbocycles. The summed E-state index contributed by atoms with van der Waals surface area (Å²) in [4.78, 5) is 0. The van der Waals surface area contributed by atoms with E-state index in [2.05, 4.69) is 18.2 Å². The van der Waals surface area contributed by atoms with Gasteiger partial charge >= 0.3 is 0 Å². The van der Waals surface area contributed by atoms with Crippen molar-refractivity contribution in [2.45, 2.75) is 82.8 Å². The molecule has 2 fully saturated rings. The van der Waals surface area contributed by atoms with Crippen LogP contribution >= 0.6 is 0 Å². The van der Waals surface area contributed by atoms with Crippen LogP contribution in [0.1, 0.15) is 70.6 Å². The monoisotopic (exact) mass is 284 g/mol. The summed E-state index contributed by atoms with van der Waals surface area (Å²) in [6.45, 7) is 0. The number of allylic oxidation sites excluding steroid dienone is 6. The van der Waals surface area contributed by atoms with Crippen LogP contribution in [0.25, 0.3) is 0 Å². The molecule has 0 bridgehead atoms. The van der Waals surface area contributed by atoms with E-state index in [-0.39, 0.29) is 0 Å². The van der Waals surface area contributed by atoms with Gasteiger partial charge in [0.25, 0.3) is 0 Å². The Labute approximate surface area is 129 Å². The summed E-state index contributed by atoms with van der Waals surface area (Å²) in [6.07, 6.45) is 23.5. The topological polar surface area (TPSA) is 12.5 Å². The summed E-state index contributed by atoms with van der Waals surface area (Å²) in [5, 5.41) is 0. The molecule has 1 nitrogen and oxygen atoms in total. The largest absolute Gasteiger partial charge is 0.370 e. The van der Waals surface area contributed by atoms with Gasteiger partial charge in [0.2, 0.25) is 0 Å². The molecule has 0 N–H and O–H groups in total. The number of epoxide rings is 1. The van der Waals surface area contributed by atoms with Crippen molar-refractivity contribution in [1.29, 1.82) is 0 Å². The number of ether oxygens (including phenoxy) is 1. The van der Waals surface area contributed by atoms with Crippen LogP contribution in [0.5, 0.6) is 0 Å². The smallest absolute Gasteiger partial charge is 0.0847 e. The predicted molar refractivity (Wildman–Crippen MR) is 87.2 cm³/mol. The van der Waals surface area contributed by atoms with E-state index in [0.29, 0.717) is 12.2 Å². The van der Waals surface area contributed by atoms with Crippen LogP contribution in [0, 0.1) is 5.92 Å². The lowest BCUT2D eigenvalue weighted by Gasteiger charge is -2.27. The Hall–Kier alpha value is -0.820. The molecule has 114 valence electrons.